The molecule has 0 bridgehead atoms. The molecular weight excluding hydrogens is 833 g/mol. The SMILES string of the molecule is CC(C)[C@@H]1NC(=O)[C@H](CC(=O)O)NC(=O)[C@H](CC(=O)O)NC(=O)CNC(=O)[C@H](CCCN=C(N)N)NC(=O)CN(C(=O)c2ccc(-c3ccccc3)cc2)C(=O)[C@H](CS)NC1=O. The van der Waals surface area contributed by atoms with Gasteiger partial charge in [0.05, 0.1) is 19.4 Å². The Balaban J connectivity index is 2.11. The molecule has 0 aromatic heterocycles. The highest BCUT2D eigenvalue weighted by molar-refractivity contribution is 7.80. The van der Waals surface area contributed by atoms with Gasteiger partial charge in [-0.3, -0.25) is 57.8 Å². The molecule has 5 atom stereocenters. The second-order valence-electron chi connectivity index (χ2n) is 14.3. The Morgan fingerprint density at radius 3 is 1.84 bits per heavy atom. The van der Waals surface area contributed by atoms with Gasteiger partial charge in [0.2, 0.25) is 35.4 Å². The quantitative estimate of drug-likeness (QED) is 0.0344. The number of aliphatic imine (C=N–C) groups is 1. The fourth-order valence-electron chi connectivity index (χ4n) is 6.00. The van der Waals surface area contributed by atoms with Crippen molar-refractivity contribution in [1.82, 2.24) is 36.8 Å². The molecule has 0 aliphatic carbocycles. The molecule has 12 N–H and O–H groups in total. The van der Waals surface area contributed by atoms with Gasteiger partial charge in [0.25, 0.3) is 11.8 Å². The molecule has 1 fully saturated rings. The Kier molecular flexibility index (Phi) is 18.8. The van der Waals surface area contributed by atoms with Gasteiger partial charge in [-0.25, -0.2) is 0 Å². The number of thiol groups is 1. The summed E-state index contributed by atoms with van der Waals surface area (Å²) in [6.07, 6.45) is -2.16. The predicted molar refractivity (Wildman–Crippen MR) is 224 cm³/mol. The number of rotatable bonds is 12. The molecule has 0 spiro atoms. The zero-order chi connectivity index (χ0) is 46.1. The summed E-state index contributed by atoms with van der Waals surface area (Å²) in [6, 6.07) is 6.83. The standard InChI is InChI=1S/C39H50N10O12S/c1-20(2)32-36(59)47-27(19-62)38(61)49(37(60)23-12-10-22(11-13-23)21-7-4-3-5-8-21)18-29(51)44-24(9-6-14-42-39(40)41)33(56)43-17-28(50)45-25(15-30(52)53)34(57)46-26(16-31(54)55)35(58)48-32/h3-5,7-8,10-13,20,24-27,32,62H,6,9,14-19H2,1-2H3,(H,43,56)(H,44,51)(H,45,50)(H,46,57)(H,47,59)(H,48,58)(H,52,53)(H,54,55)(H4,40,41,42)/t24-,25-,26-,27-,32-/m0/s1. The molecule has 2 aromatic rings. The Hall–Kier alpha value is -7.04. The highest BCUT2D eigenvalue weighted by atomic mass is 32.1. The first-order chi connectivity index (χ1) is 29.3. The molecule has 22 nitrogen and oxygen atoms in total. The summed E-state index contributed by atoms with van der Waals surface area (Å²) in [7, 11) is 0. The highest BCUT2D eigenvalue weighted by Gasteiger charge is 2.37. The first kappa shape index (κ1) is 49.3. The molecular formula is C39H50N10O12S. The van der Waals surface area contributed by atoms with E-state index in [0.29, 0.717) is 4.90 Å². The van der Waals surface area contributed by atoms with Crippen LogP contribution in [0.4, 0.5) is 0 Å². The number of benzene rings is 2. The van der Waals surface area contributed by atoms with Crippen molar-refractivity contribution in [2.45, 2.75) is 69.7 Å². The lowest BCUT2D eigenvalue weighted by atomic mass is 10.0. The molecule has 3 rings (SSSR count). The van der Waals surface area contributed by atoms with Gasteiger partial charge in [-0.05, 0) is 42.0 Å². The largest absolute Gasteiger partial charge is 0.481 e. The summed E-state index contributed by atoms with van der Waals surface area (Å²) < 4.78 is 0. The molecule has 0 unspecified atom stereocenters. The number of hydrogen-bond acceptors (Lipinski definition) is 12. The number of carboxylic acids is 2. The van der Waals surface area contributed by atoms with Gasteiger partial charge in [0.1, 0.15) is 36.8 Å². The third-order valence-electron chi connectivity index (χ3n) is 9.16. The monoisotopic (exact) mass is 882 g/mol. The van der Waals surface area contributed by atoms with Crippen LogP contribution in [0.15, 0.2) is 59.6 Å². The normalized spacial score (nSPS) is 21.2. The van der Waals surface area contributed by atoms with Crippen molar-refractivity contribution in [2.24, 2.45) is 22.4 Å². The first-order valence-electron chi connectivity index (χ1n) is 19.2. The molecule has 62 heavy (non-hydrogen) atoms. The van der Waals surface area contributed by atoms with Crippen LogP contribution in [-0.2, 0) is 43.2 Å². The number of carbonyl (C=O) groups is 10. The van der Waals surface area contributed by atoms with E-state index in [0.717, 1.165) is 11.1 Å². The van der Waals surface area contributed by atoms with Crippen LogP contribution in [0.25, 0.3) is 11.1 Å². The van der Waals surface area contributed by atoms with Crippen LogP contribution in [0.2, 0.25) is 0 Å². The van der Waals surface area contributed by atoms with E-state index in [1.165, 1.54) is 26.0 Å². The summed E-state index contributed by atoms with van der Waals surface area (Å²) in [5.41, 5.74) is 12.3. The molecule has 1 aliphatic heterocycles. The molecule has 23 heteroatoms. The highest BCUT2D eigenvalue weighted by Crippen LogP contribution is 2.20. The number of carbonyl (C=O) groups excluding carboxylic acids is 8. The lowest BCUT2D eigenvalue weighted by Gasteiger charge is -2.29. The number of nitrogens with two attached hydrogens (primary N) is 2. The van der Waals surface area contributed by atoms with Crippen molar-refractivity contribution in [2.75, 3.05) is 25.4 Å². The number of aliphatic carboxylic acids is 2. The number of nitrogens with zero attached hydrogens (tertiary/aromatic N) is 2. The number of imide groups is 1. The zero-order valence-corrected chi connectivity index (χ0v) is 34.7. The second kappa shape index (κ2) is 23.7. The van der Waals surface area contributed by atoms with E-state index in [9.17, 15) is 58.2 Å². The van der Waals surface area contributed by atoms with Crippen molar-refractivity contribution in [3.8, 4) is 11.1 Å². The summed E-state index contributed by atoms with van der Waals surface area (Å²) >= 11 is 4.22. The minimum absolute atomic E-state index is 0.00253. The minimum atomic E-state index is -1.92. The predicted octanol–water partition coefficient (Wildman–Crippen LogP) is -2.54. The Bertz CT molecular complexity index is 2030. The lowest BCUT2D eigenvalue weighted by Crippen LogP contribution is -2.61. The molecule has 1 aliphatic rings. The number of nitrogens with one attached hydrogen (secondary N) is 6. The molecule has 0 radical (unpaired) electrons. The molecule has 1 saturated heterocycles. The Morgan fingerprint density at radius 1 is 0.726 bits per heavy atom. The molecule has 8 amide bonds. The van der Waals surface area contributed by atoms with Crippen molar-refractivity contribution in [3.05, 3.63) is 60.2 Å². The van der Waals surface area contributed by atoms with Crippen LogP contribution < -0.4 is 43.4 Å². The van der Waals surface area contributed by atoms with E-state index in [-0.39, 0.29) is 30.9 Å². The van der Waals surface area contributed by atoms with Crippen molar-refractivity contribution in [3.63, 3.8) is 0 Å². The van der Waals surface area contributed by atoms with E-state index < -0.39 is 127 Å². The van der Waals surface area contributed by atoms with Crippen molar-refractivity contribution in [1.29, 1.82) is 0 Å². The van der Waals surface area contributed by atoms with Crippen molar-refractivity contribution < 1.29 is 58.2 Å². The smallest absolute Gasteiger partial charge is 0.305 e. The summed E-state index contributed by atoms with van der Waals surface area (Å²) in [5.74, 6) is -13.3. The Morgan fingerprint density at radius 2 is 1.27 bits per heavy atom. The number of amides is 8. The fraction of sp³-hybridized carbons (Fsp3) is 0.410. The van der Waals surface area contributed by atoms with Crippen LogP contribution in [-0.4, -0.2) is 136 Å². The maximum atomic E-state index is 14.3. The third-order valence-corrected chi connectivity index (χ3v) is 9.52. The molecule has 1 heterocycles. The van der Waals surface area contributed by atoms with Gasteiger partial charge >= 0.3 is 11.9 Å². The van der Waals surface area contributed by atoms with Crippen LogP contribution in [0.5, 0.6) is 0 Å². The van der Waals surface area contributed by atoms with E-state index in [2.05, 4.69) is 49.5 Å². The summed E-state index contributed by atoms with van der Waals surface area (Å²) in [4.78, 5) is 137. The maximum absolute atomic E-state index is 14.3. The summed E-state index contributed by atoms with van der Waals surface area (Å²) in [6.45, 7) is 1.11. The molecule has 334 valence electrons. The van der Waals surface area contributed by atoms with Crippen LogP contribution in [0, 0.1) is 5.92 Å². The summed E-state index contributed by atoms with van der Waals surface area (Å²) in [5, 5.41) is 32.7. The van der Waals surface area contributed by atoms with Gasteiger partial charge in [-0.15, -0.1) is 0 Å². The van der Waals surface area contributed by atoms with E-state index in [1.54, 1.807) is 12.1 Å². The zero-order valence-electron chi connectivity index (χ0n) is 33.8. The van der Waals surface area contributed by atoms with Crippen LogP contribution in [0.3, 0.4) is 0 Å². The van der Waals surface area contributed by atoms with Crippen LogP contribution in [0.1, 0.15) is 49.9 Å². The average Bonchev–Trinajstić information content (AvgIpc) is 3.22. The van der Waals surface area contributed by atoms with Crippen molar-refractivity contribution >= 4 is 77.8 Å². The number of guanidine groups is 1. The van der Waals surface area contributed by atoms with Gasteiger partial charge < -0.3 is 53.6 Å². The van der Waals surface area contributed by atoms with E-state index >= 15 is 0 Å². The lowest BCUT2D eigenvalue weighted by molar-refractivity contribution is -0.143. The topological polar surface area (TPSA) is 351 Å². The number of carboxylic acid groups (broad SMARTS) is 2. The molecule has 0 saturated carbocycles. The van der Waals surface area contributed by atoms with Crippen LogP contribution >= 0.6 is 12.6 Å². The molecule has 2 aromatic carbocycles. The van der Waals surface area contributed by atoms with E-state index in [1.807, 2.05) is 30.3 Å². The van der Waals surface area contributed by atoms with Gasteiger partial charge in [-0.1, -0.05) is 56.3 Å². The van der Waals surface area contributed by atoms with Gasteiger partial charge in [-0.2, -0.15) is 12.6 Å². The fourth-order valence-corrected chi connectivity index (χ4v) is 6.24. The average molecular weight is 883 g/mol. The third kappa shape index (κ3) is 15.2. The maximum Gasteiger partial charge on any atom is 0.305 e. The van der Waals surface area contributed by atoms with Gasteiger partial charge in [0, 0.05) is 17.9 Å². The number of hydrogen-bond donors (Lipinski definition) is 11. The van der Waals surface area contributed by atoms with Gasteiger partial charge in [0.15, 0.2) is 5.96 Å². The first-order valence-corrected chi connectivity index (χ1v) is 19.8. The van der Waals surface area contributed by atoms with E-state index in [4.69, 9.17) is 11.5 Å². The Labute approximate surface area is 360 Å². The minimum Gasteiger partial charge on any atom is -0.481 e. The second-order valence-corrected chi connectivity index (χ2v) is 14.7.